The molecule has 0 spiro atoms. The van der Waals surface area contributed by atoms with Gasteiger partial charge in [0.15, 0.2) is 0 Å². The monoisotopic (exact) mass is 268 g/mol. The van der Waals surface area contributed by atoms with Crippen LogP contribution in [0.25, 0.3) is 5.57 Å². The van der Waals surface area contributed by atoms with E-state index in [1.54, 1.807) is 6.92 Å². The summed E-state index contributed by atoms with van der Waals surface area (Å²) in [6.07, 6.45) is 0. The number of rotatable bonds is 2. The van der Waals surface area contributed by atoms with E-state index < -0.39 is 18.3 Å². The van der Waals surface area contributed by atoms with Crippen molar-refractivity contribution in [1.82, 2.24) is 0 Å². The Morgan fingerprint density at radius 2 is 1.78 bits per heavy atom. The maximum absolute atomic E-state index is 14.4. The van der Waals surface area contributed by atoms with Gasteiger partial charge in [-0.05, 0) is 51.6 Å². The van der Waals surface area contributed by atoms with Crippen molar-refractivity contribution in [3.05, 3.63) is 28.1 Å². The third kappa shape index (κ3) is 2.27. The topological polar surface area (TPSA) is 18.5 Å². The number of hydrogen-bond acceptors (Lipinski definition) is 3. The Morgan fingerprint density at radius 1 is 1.22 bits per heavy atom. The van der Waals surface area contributed by atoms with Crippen molar-refractivity contribution in [3.63, 3.8) is 0 Å². The lowest BCUT2D eigenvalue weighted by atomic mass is 9.84. The summed E-state index contributed by atoms with van der Waals surface area (Å²) in [7, 11) is -0.905. The number of thiophene rings is 1. The minimum absolute atomic E-state index is 0.337. The minimum atomic E-state index is -0.905. The van der Waals surface area contributed by atoms with Gasteiger partial charge >= 0.3 is 7.12 Å². The highest BCUT2D eigenvalue weighted by Crippen LogP contribution is 2.40. The molecule has 2 rings (SSSR count). The number of halogens is 1. The van der Waals surface area contributed by atoms with Crippen LogP contribution < -0.4 is 0 Å². The van der Waals surface area contributed by atoms with E-state index in [9.17, 15) is 4.39 Å². The van der Waals surface area contributed by atoms with Crippen LogP contribution in [0.2, 0.25) is 0 Å². The van der Waals surface area contributed by atoms with Crippen LogP contribution in [0.1, 0.15) is 39.5 Å². The maximum atomic E-state index is 14.4. The van der Waals surface area contributed by atoms with Gasteiger partial charge < -0.3 is 9.31 Å². The summed E-state index contributed by atoms with van der Waals surface area (Å²) in [6, 6.07) is 3.80. The molecule has 1 fully saturated rings. The van der Waals surface area contributed by atoms with Crippen molar-refractivity contribution in [1.29, 1.82) is 0 Å². The molecule has 1 saturated heterocycles. The molecule has 0 N–H and O–H groups in total. The van der Waals surface area contributed by atoms with Gasteiger partial charge in [0.2, 0.25) is 0 Å². The van der Waals surface area contributed by atoms with Crippen molar-refractivity contribution < 1.29 is 13.7 Å². The molecule has 2 nitrogen and oxygen atoms in total. The van der Waals surface area contributed by atoms with E-state index in [2.05, 4.69) is 0 Å². The Morgan fingerprint density at radius 3 is 2.22 bits per heavy atom. The van der Waals surface area contributed by atoms with E-state index in [1.165, 1.54) is 11.3 Å². The Bertz CT molecular complexity index is 449. The van der Waals surface area contributed by atoms with Crippen LogP contribution >= 0.6 is 11.3 Å². The lowest BCUT2D eigenvalue weighted by Gasteiger charge is -2.32. The lowest BCUT2D eigenvalue weighted by Crippen LogP contribution is -2.41. The summed E-state index contributed by atoms with van der Waals surface area (Å²) in [6.45, 7) is 9.43. The quantitative estimate of drug-likeness (QED) is 0.752. The van der Waals surface area contributed by atoms with Crippen LogP contribution in [0.5, 0.6) is 0 Å². The Kier molecular flexibility index (Phi) is 3.43. The first-order chi connectivity index (χ1) is 8.24. The van der Waals surface area contributed by atoms with Crippen LogP contribution in [0, 0.1) is 0 Å². The van der Waals surface area contributed by atoms with Crippen LogP contribution in [0.15, 0.2) is 23.2 Å². The fourth-order valence-corrected chi connectivity index (χ4v) is 2.47. The Labute approximate surface area is 112 Å². The highest BCUT2D eigenvalue weighted by atomic mass is 32.1. The molecule has 18 heavy (non-hydrogen) atoms. The second-order valence-corrected chi connectivity index (χ2v) is 6.49. The smallest absolute Gasteiger partial charge is 0.398 e. The molecule has 0 atom stereocenters. The first kappa shape index (κ1) is 13.8. The van der Waals surface area contributed by atoms with Crippen LogP contribution in [0.4, 0.5) is 4.39 Å². The third-order valence-electron chi connectivity index (χ3n) is 3.71. The lowest BCUT2D eigenvalue weighted by molar-refractivity contribution is 0.00578. The van der Waals surface area contributed by atoms with Gasteiger partial charge in [-0.15, -0.1) is 11.3 Å². The SMILES string of the molecule is CC(=C(F)B1OC(C)(C)C(C)(C)O1)c1cccs1. The summed E-state index contributed by atoms with van der Waals surface area (Å²) in [5, 5.41) is 1.93. The zero-order valence-electron chi connectivity index (χ0n) is 11.4. The second kappa shape index (κ2) is 4.47. The van der Waals surface area contributed by atoms with Gasteiger partial charge in [0.25, 0.3) is 0 Å². The molecule has 1 aromatic rings. The predicted molar refractivity (Wildman–Crippen MR) is 74.1 cm³/mol. The fraction of sp³-hybridized carbons (Fsp3) is 0.538. The van der Waals surface area contributed by atoms with Gasteiger partial charge in [-0.25, -0.2) is 4.39 Å². The number of hydrogen-bond donors (Lipinski definition) is 0. The first-order valence-electron chi connectivity index (χ1n) is 6.00. The molecule has 1 aliphatic heterocycles. The van der Waals surface area contributed by atoms with Crippen LogP contribution in [-0.2, 0) is 9.31 Å². The molecule has 0 unspecified atom stereocenters. The van der Waals surface area contributed by atoms with Crippen molar-refractivity contribution in [3.8, 4) is 0 Å². The standard InChI is InChI=1S/C13H18BFO2S/c1-9(10-7-6-8-18-10)11(15)14-16-12(2,3)13(4,5)17-14/h6-8H,1-5H3. The van der Waals surface area contributed by atoms with Gasteiger partial charge in [0, 0.05) is 4.88 Å². The van der Waals surface area contributed by atoms with Gasteiger partial charge in [0.05, 0.1) is 11.2 Å². The molecular weight excluding hydrogens is 250 g/mol. The highest BCUT2D eigenvalue weighted by molar-refractivity contribution is 7.11. The van der Waals surface area contributed by atoms with E-state index in [-0.39, 0.29) is 5.73 Å². The first-order valence-corrected chi connectivity index (χ1v) is 6.88. The van der Waals surface area contributed by atoms with Crippen molar-refractivity contribution in [2.75, 3.05) is 0 Å². The average Bonchev–Trinajstić information content (AvgIpc) is 2.84. The molecule has 0 bridgehead atoms. The molecule has 0 radical (unpaired) electrons. The molecule has 5 heteroatoms. The summed E-state index contributed by atoms with van der Waals surface area (Å²) in [4.78, 5) is 0.905. The number of allylic oxidation sites excluding steroid dienone is 1. The van der Waals surface area contributed by atoms with E-state index in [1.807, 2.05) is 45.2 Å². The summed E-state index contributed by atoms with van der Waals surface area (Å²) < 4.78 is 25.8. The molecular formula is C13H18BFO2S. The minimum Gasteiger partial charge on any atom is -0.398 e. The molecule has 1 aromatic heterocycles. The molecule has 2 heterocycles. The molecule has 98 valence electrons. The maximum Gasteiger partial charge on any atom is 0.525 e. The Balaban J connectivity index is 2.27. The zero-order valence-corrected chi connectivity index (χ0v) is 12.2. The van der Waals surface area contributed by atoms with Crippen molar-refractivity contribution in [2.24, 2.45) is 0 Å². The summed E-state index contributed by atoms with van der Waals surface area (Å²) >= 11 is 1.51. The second-order valence-electron chi connectivity index (χ2n) is 5.54. The molecule has 0 amide bonds. The fourth-order valence-electron chi connectivity index (χ4n) is 1.73. The van der Waals surface area contributed by atoms with E-state index in [0.717, 1.165) is 4.88 Å². The third-order valence-corrected chi connectivity index (χ3v) is 4.70. The highest BCUT2D eigenvalue weighted by Gasteiger charge is 2.53. The predicted octanol–water partition coefficient (Wildman–Crippen LogP) is 4.08. The Hall–Kier alpha value is -0.645. The van der Waals surface area contributed by atoms with E-state index in [4.69, 9.17) is 9.31 Å². The molecule has 0 saturated carbocycles. The van der Waals surface area contributed by atoms with E-state index >= 15 is 0 Å². The average molecular weight is 268 g/mol. The van der Waals surface area contributed by atoms with Crippen molar-refractivity contribution in [2.45, 2.75) is 45.8 Å². The van der Waals surface area contributed by atoms with Crippen molar-refractivity contribution >= 4 is 24.0 Å². The van der Waals surface area contributed by atoms with Gasteiger partial charge in [-0.3, -0.25) is 0 Å². The summed E-state index contributed by atoms with van der Waals surface area (Å²) in [5.41, 5.74) is -0.769. The molecule has 0 aromatic carbocycles. The van der Waals surface area contributed by atoms with Gasteiger partial charge in [-0.2, -0.15) is 0 Å². The van der Waals surface area contributed by atoms with Crippen LogP contribution in [-0.4, -0.2) is 18.3 Å². The van der Waals surface area contributed by atoms with Gasteiger partial charge in [0.1, 0.15) is 5.73 Å². The molecule has 1 aliphatic rings. The van der Waals surface area contributed by atoms with E-state index in [0.29, 0.717) is 5.57 Å². The summed E-state index contributed by atoms with van der Waals surface area (Å²) in [5.74, 6) is 0. The van der Waals surface area contributed by atoms with Gasteiger partial charge in [-0.1, -0.05) is 6.07 Å². The normalized spacial score (nSPS) is 23.1. The zero-order chi connectivity index (χ0) is 13.6. The largest absolute Gasteiger partial charge is 0.525 e. The van der Waals surface area contributed by atoms with Crippen LogP contribution in [0.3, 0.4) is 0 Å². The molecule has 0 aliphatic carbocycles.